The first-order chi connectivity index (χ1) is 17.3. The standard InChI is InChI=1S/C25H30N4O7S/c1-25(2,3)36-24(31)27-37(32,33)29-10-9-16-11-15(7-8-20(16)29)12-19-17-13-21(34-5)22(35-6)14-18(17)23(30)28(4)26-19/h7-8,11,13-14H,9-10,12H2,1-6H3,(H,27,31). The van der Waals surface area contributed by atoms with E-state index in [9.17, 15) is 18.0 Å². The van der Waals surface area contributed by atoms with Gasteiger partial charge < -0.3 is 14.2 Å². The number of ether oxygens (including phenoxy) is 3. The number of carbonyl (C=O) groups is 1. The fourth-order valence-electron chi connectivity index (χ4n) is 4.32. The van der Waals surface area contributed by atoms with Crippen LogP contribution >= 0.6 is 0 Å². The number of aromatic nitrogens is 2. The number of benzene rings is 2. The average molecular weight is 531 g/mol. The Bertz CT molecular complexity index is 1540. The molecule has 2 heterocycles. The van der Waals surface area contributed by atoms with E-state index in [1.807, 2.05) is 10.8 Å². The minimum atomic E-state index is -4.14. The molecule has 0 saturated carbocycles. The van der Waals surface area contributed by atoms with Gasteiger partial charge in [0.15, 0.2) is 11.5 Å². The summed E-state index contributed by atoms with van der Waals surface area (Å²) in [6.45, 7) is 5.15. The third kappa shape index (κ3) is 5.33. The van der Waals surface area contributed by atoms with Crippen molar-refractivity contribution in [2.24, 2.45) is 7.05 Å². The molecule has 1 N–H and O–H groups in total. The van der Waals surface area contributed by atoms with E-state index < -0.39 is 21.9 Å². The number of methoxy groups -OCH3 is 2. The molecule has 0 saturated heterocycles. The van der Waals surface area contributed by atoms with Crippen molar-refractivity contribution in [3.05, 3.63) is 57.5 Å². The van der Waals surface area contributed by atoms with Crippen LogP contribution in [0.4, 0.5) is 10.5 Å². The van der Waals surface area contributed by atoms with Gasteiger partial charge in [-0.25, -0.2) is 14.2 Å². The molecular formula is C25H30N4O7S. The second-order valence-corrected chi connectivity index (χ2v) is 11.3. The number of carbonyl (C=O) groups excluding carboxylic acids is 1. The molecule has 0 unspecified atom stereocenters. The fraction of sp³-hybridized carbons (Fsp3) is 0.400. The van der Waals surface area contributed by atoms with Gasteiger partial charge >= 0.3 is 16.3 Å². The Hall–Kier alpha value is -3.80. The normalized spacial score (nSPS) is 13.4. The first-order valence-corrected chi connectivity index (χ1v) is 13.0. The Kier molecular flexibility index (Phi) is 6.80. The molecule has 1 aliphatic rings. The van der Waals surface area contributed by atoms with Gasteiger partial charge in [-0.2, -0.15) is 13.5 Å². The molecule has 1 aliphatic heterocycles. The van der Waals surface area contributed by atoms with E-state index in [0.29, 0.717) is 46.5 Å². The van der Waals surface area contributed by atoms with E-state index in [2.05, 4.69) is 5.10 Å². The van der Waals surface area contributed by atoms with E-state index in [1.165, 1.54) is 18.9 Å². The number of aryl methyl sites for hydroxylation is 1. The van der Waals surface area contributed by atoms with E-state index in [4.69, 9.17) is 14.2 Å². The number of hydrogen-bond acceptors (Lipinski definition) is 8. The van der Waals surface area contributed by atoms with Gasteiger partial charge in [0.05, 0.1) is 31.0 Å². The third-order valence-corrected chi connectivity index (χ3v) is 7.28. The number of anilines is 1. The largest absolute Gasteiger partial charge is 0.493 e. The van der Waals surface area contributed by atoms with E-state index in [-0.39, 0.29) is 12.1 Å². The predicted octanol–water partition coefficient (Wildman–Crippen LogP) is 2.67. The summed E-state index contributed by atoms with van der Waals surface area (Å²) < 4.78 is 46.0. The maximum absolute atomic E-state index is 12.8. The van der Waals surface area contributed by atoms with Gasteiger partial charge in [0.1, 0.15) is 5.60 Å². The zero-order valence-corrected chi connectivity index (χ0v) is 22.4. The number of nitrogens with zero attached hydrogens (tertiary/aromatic N) is 3. The number of amides is 1. The predicted molar refractivity (Wildman–Crippen MR) is 139 cm³/mol. The molecule has 2 aromatic carbocycles. The van der Waals surface area contributed by atoms with Gasteiger partial charge in [-0.3, -0.25) is 9.10 Å². The van der Waals surface area contributed by atoms with Crippen LogP contribution < -0.4 is 24.1 Å². The minimum Gasteiger partial charge on any atom is -0.493 e. The Morgan fingerprint density at radius 2 is 1.73 bits per heavy atom. The zero-order chi connectivity index (χ0) is 27.1. The van der Waals surface area contributed by atoms with Crippen molar-refractivity contribution in [3.8, 4) is 11.5 Å². The first kappa shape index (κ1) is 26.3. The lowest BCUT2D eigenvalue weighted by atomic mass is 10.0. The van der Waals surface area contributed by atoms with Crippen molar-refractivity contribution in [1.29, 1.82) is 0 Å². The summed E-state index contributed by atoms with van der Waals surface area (Å²) in [7, 11) is 0.482. The summed E-state index contributed by atoms with van der Waals surface area (Å²) in [5.74, 6) is 0.932. The molecule has 3 aromatic rings. The number of nitrogens with one attached hydrogen (secondary N) is 1. The van der Waals surface area contributed by atoms with Gasteiger partial charge in [-0.1, -0.05) is 12.1 Å². The van der Waals surface area contributed by atoms with Crippen LogP contribution in [0.2, 0.25) is 0 Å². The molecule has 0 bridgehead atoms. The Morgan fingerprint density at radius 3 is 2.35 bits per heavy atom. The first-order valence-electron chi connectivity index (χ1n) is 11.6. The van der Waals surface area contributed by atoms with Crippen LogP contribution in [0.15, 0.2) is 35.1 Å². The van der Waals surface area contributed by atoms with Crippen molar-refractivity contribution in [2.75, 3.05) is 25.1 Å². The lowest BCUT2D eigenvalue weighted by molar-refractivity contribution is 0.0570. The molecule has 37 heavy (non-hydrogen) atoms. The Labute approximate surface area is 215 Å². The molecule has 1 aromatic heterocycles. The van der Waals surface area contributed by atoms with Crippen LogP contribution in [0.3, 0.4) is 0 Å². The molecule has 0 radical (unpaired) electrons. The zero-order valence-electron chi connectivity index (χ0n) is 21.6. The van der Waals surface area contributed by atoms with Crippen LogP contribution in [0, 0.1) is 0 Å². The van der Waals surface area contributed by atoms with Gasteiger partial charge in [0.2, 0.25) is 0 Å². The summed E-state index contributed by atoms with van der Waals surface area (Å²) in [5.41, 5.74) is 1.77. The molecule has 11 nitrogen and oxygen atoms in total. The van der Waals surface area contributed by atoms with Crippen molar-refractivity contribution in [2.45, 2.75) is 39.2 Å². The molecule has 0 aliphatic carbocycles. The van der Waals surface area contributed by atoms with Crippen LogP contribution in [0.1, 0.15) is 37.6 Å². The SMILES string of the molecule is COc1cc2c(Cc3ccc4c(c3)CCN4S(=O)(=O)NC(=O)OC(C)(C)C)nn(C)c(=O)c2cc1OC. The molecule has 4 rings (SSSR count). The van der Waals surface area contributed by atoms with E-state index in [1.54, 1.807) is 52.1 Å². The molecule has 0 fully saturated rings. The highest BCUT2D eigenvalue weighted by Gasteiger charge is 2.32. The monoisotopic (exact) mass is 530 g/mol. The summed E-state index contributed by atoms with van der Waals surface area (Å²) in [5, 5.41) is 5.58. The molecule has 0 spiro atoms. The summed E-state index contributed by atoms with van der Waals surface area (Å²) in [4.78, 5) is 24.8. The highest BCUT2D eigenvalue weighted by molar-refractivity contribution is 7.91. The number of rotatable bonds is 6. The van der Waals surface area contributed by atoms with Crippen LogP contribution in [-0.2, 0) is 34.8 Å². The summed E-state index contributed by atoms with van der Waals surface area (Å²) in [6, 6.07) is 8.81. The van der Waals surface area contributed by atoms with Gasteiger partial charge in [-0.05, 0) is 56.5 Å². The van der Waals surface area contributed by atoms with Crippen molar-refractivity contribution in [3.63, 3.8) is 0 Å². The maximum Gasteiger partial charge on any atom is 0.422 e. The summed E-state index contributed by atoms with van der Waals surface area (Å²) >= 11 is 0. The van der Waals surface area contributed by atoms with Crippen molar-refractivity contribution < 1.29 is 27.4 Å². The van der Waals surface area contributed by atoms with Crippen LogP contribution in [-0.4, -0.2) is 50.7 Å². The van der Waals surface area contributed by atoms with Gasteiger partial charge in [-0.15, -0.1) is 0 Å². The molecule has 1 amide bonds. The minimum absolute atomic E-state index is 0.189. The molecule has 12 heteroatoms. The summed E-state index contributed by atoms with van der Waals surface area (Å²) in [6.07, 6.45) is -0.154. The fourth-order valence-corrected chi connectivity index (χ4v) is 5.45. The highest BCUT2D eigenvalue weighted by Crippen LogP contribution is 2.34. The second kappa shape index (κ2) is 9.58. The lowest BCUT2D eigenvalue weighted by Gasteiger charge is -2.23. The number of hydrogen-bond donors (Lipinski definition) is 1. The highest BCUT2D eigenvalue weighted by atomic mass is 32.2. The van der Waals surface area contributed by atoms with Crippen LogP contribution in [0.25, 0.3) is 10.8 Å². The van der Waals surface area contributed by atoms with Crippen molar-refractivity contribution in [1.82, 2.24) is 14.5 Å². The quantitative estimate of drug-likeness (QED) is 0.515. The Morgan fingerprint density at radius 1 is 1.08 bits per heavy atom. The molecule has 0 atom stereocenters. The second-order valence-electron chi connectivity index (χ2n) is 9.70. The topological polar surface area (TPSA) is 129 Å². The van der Waals surface area contributed by atoms with Gasteiger partial charge in [0.25, 0.3) is 5.56 Å². The average Bonchev–Trinajstić information content (AvgIpc) is 3.24. The maximum atomic E-state index is 12.8. The van der Waals surface area contributed by atoms with E-state index in [0.717, 1.165) is 15.4 Å². The number of fused-ring (bicyclic) bond motifs is 2. The van der Waals surface area contributed by atoms with Crippen LogP contribution in [0.5, 0.6) is 11.5 Å². The smallest absolute Gasteiger partial charge is 0.422 e. The lowest BCUT2D eigenvalue weighted by Crippen LogP contribution is -2.44. The third-order valence-electron chi connectivity index (χ3n) is 5.90. The Balaban J connectivity index is 1.64. The van der Waals surface area contributed by atoms with E-state index >= 15 is 0 Å². The van der Waals surface area contributed by atoms with Crippen molar-refractivity contribution >= 4 is 32.8 Å². The molecular weight excluding hydrogens is 500 g/mol. The molecule has 198 valence electrons. The van der Waals surface area contributed by atoms with Gasteiger partial charge in [0, 0.05) is 25.4 Å².